The van der Waals surface area contributed by atoms with Crippen LogP contribution in [0, 0.1) is 13.8 Å². The predicted octanol–water partition coefficient (Wildman–Crippen LogP) is 0.0218. The average molecular weight is 310 g/mol. The number of carbonyl (C=O) groups excluding carboxylic acids is 1. The zero-order valence-electron chi connectivity index (χ0n) is 13.5. The topological polar surface area (TPSA) is 79.4 Å². The second-order valence-corrected chi connectivity index (χ2v) is 5.70. The molecule has 0 spiro atoms. The number of nitrogens with one attached hydrogen (secondary N) is 2. The molecule has 2 rings (SSSR count). The minimum atomic E-state index is -0.143. The van der Waals surface area contributed by atoms with Crippen LogP contribution in [0.15, 0.2) is 4.79 Å². The minimum absolute atomic E-state index is 0.00729. The van der Waals surface area contributed by atoms with Gasteiger partial charge in [-0.1, -0.05) is 0 Å². The van der Waals surface area contributed by atoms with E-state index in [0.717, 1.165) is 50.7 Å². The first-order chi connectivity index (χ1) is 10.6. The molecule has 22 heavy (non-hydrogen) atoms. The van der Waals surface area contributed by atoms with E-state index in [-0.39, 0.29) is 11.6 Å². The van der Waals surface area contributed by atoms with Gasteiger partial charge in [0.2, 0.25) is 5.91 Å². The molecule has 1 aliphatic heterocycles. The number of rotatable bonds is 7. The third-order valence-electron chi connectivity index (χ3n) is 4.13. The fourth-order valence-corrected chi connectivity index (χ4v) is 2.60. The maximum atomic E-state index is 11.8. The van der Waals surface area contributed by atoms with Gasteiger partial charge in [-0.2, -0.15) is 0 Å². The van der Waals surface area contributed by atoms with Gasteiger partial charge in [0.15, 0.2) is 0 Å². The van der Waals surface area contributed by atoms with Gasteiger partial charge in [0.1, 0.15) is 0 Å². The molecule has 1 aromatic rings. The van der Waals surface area contributed by atoms with Crippen LogP contribution >= 0.6 is 0 Å². The summed E-state index contributed by atoms with van der Waals surface area (Å²) in [4.78, 5) is 28.6. The van der Waals surface area contributed by atoms with Gasteiger partial charge in [-0.3, -0.25) is 14.3 Å². The van der Waals surface area contributed by atoms with Gasteiger partial charge in [0, 0.05) is 44.0 Å². The first-order valence-electron chi connectivity index (χ1n) is 7.90. The summed E-state index contributed by atoms with van der Waals surface area (Å²) in [6.45, 7) is 9.38. The van der Waals surface area contributed by atoms with Crippen LogP contribution in [-0.2, 0) is 16.1 Å². The van der Waals surface area contributed by atoms with Gasteiger partial charge in [0.25, 0.3) is 0 Å². The molecular weight excluding hydrogens is 284 g/mol. The van der Waals surface area contributed by atoms with Crippen LogP contribution in [-0.4, -0.2) is 59.8 Å². The molecule has 2 N–H and O–H groups in total. The lowest BCUT2D eigenvalue weighted by Gasteiger charge is -2.26. The second-order valence-electron chi connectivity index (χ2n) is 5.70. The third kappa shape index (κ3) is 4.71. The van der Waals surface area contributed by atoms with E-state index in [1.54, 1.807) is 4.57 Å². The summed E-state index contributed by atoms with van der Waals surface area (Å²) in [6, 6.07) is 0. The van der Waals surface area contributed by atoms with Crippen molar-refractivity contribution in [3.05, 3.63) is 21.9 Å². The number of nitrogens with zero attached hydrogens (tertiary/aromatic N) is 2. The van der Waals surface area contributed by atoms with Crippen LogP contribution in [0.2, 0.25) is 0 Å². The standard InChI is InChI=1S/C15H26N4O3/c1-12-13(2)19(15(21)17-12)7-4-14(20)16-5-3-6-18-8-10-22-11-9-18/h3-11H2,1-2H3,(H,16,20)(H,17,21). The Hall–Kier alpha value is -1.60. The number of amides is 1. The highest BCUT2D eigenvalue weighted by Gasteiger charge is 2.10. The van der Waals surface area contributed by atoms with E-state index in [9.17, 15) is 9.59 Å². The molecule has 1 amide bonds. The first kappa shape index (κ1) is 16.8. The predicted molar refractivity (Wildman–Crippen MR) is 84.0 cm³/mol. The molecule has 0 saturated carbocycles. The lowest BCUT2D eigenvalue weighted by Crippen LogP contribution is -2.38. The molecule has 1 aromatic heterocycles. The molecule has 0 unspecified atom stereocenters. The Balaban J connectivity index is 1.62. The van der Waals surface area contributed by atoms with Crippen molar-refractivity contribution in [3.63, 3.8) is 0 Å². The Morgan fingerprint density at radius 2 is 2.00 bits per heavy atom. The molecule has 1 saturated heterocycles. The Bertz CT molecular complexity index is 543. The van der Waals surface area contributed by atoms with E-state index >= 15 is 0 Å². The fourth-order valence-electron chi connectivity index (χ4n) is 2.60. The van der Waals surface area contributed by atoms with E-state index in [4.69, 9.17) is 4.74 Å². The number of H-pyrrole nitrogens is 1. The van der Waals surface area contributed by atoms with Gasteiger partial charge in [-0.05, 0) is 26.8 Å². The zero-order chi connectivity index (χ0) is 15.9. The molecule has 0 aliphatic carbocycles. The van der Waals surface area contributed by atoms with E-state index < -0.39 is 0 Å². The molecule has 124 valence electrons. The normalized spacial score (nSPS) is 15.9. The largest absolute Gasteiger partial charge is 0.379 e. The molecule has 2 heterocycles. The number of ether oxygens (including phenoxy) is 1. The SMILES string of the molecule is Cc1[nH]c(=O)n(CCC(=O)NCCCN2CCOCC2)c1C. The van der Waals surface area contributed by atoms with E-state index in [1.807, 2.05) is 13.8 Å². The maximum Gasteiger partial charge on any atom is 0.325 e. The Labute approximate surface area is 130 Å². The molecular formula is C15H26N4O3. The van der Waals surface area contributed by atoms with Crippen molar-refractivity contribution in [2.45, 2.75) is 33.2 Å². The Kier molecular flexibility index (Phi) is 6.21. The number of aryl methyl sites for hydroxylation is 1. The summed E-state index contributed by atoms with van der Waals surface area (Å²) in [5.41, 5.74) is 1.61. The molecule has 1 fully saturated rings. The Morgan fingerprint density at radius 3 is 2.64 bits per heavy atom. The molecule has 7 heteroatoms. The number of aromatic amines is 1. The smallest absolute Gasteiger partial charge is 0.325 e. The van der Waals surface area contributed by atoms with Crippen molar-refractivity contribution < 1.29 is 9.53 Å². The van der Waals surface area contributed by atoms with Gasteiger partial charge in [-0.25, -0.2) is 4.79 Å². The number of aromatic nitrogens is 2. The summed E-state index contributed by atoms with van der Waals surface area (Å²) in [6.07, 6.45) is 1.27. The maximum absolute atomic E-state index is 11.8. The second kappa shape index (κ2) is 8.14. The molecule has 1 aliphatic rings. The zero-order valence-corrected chi connectivity index (χ0v) is 13.5. The third-order valence-corrected chi connectivity index (χ3v) is 4.13. The summed E-state index contributed by atoms with van der Waals surface area (Å²) in [7, 11) is 0. The molecule has 0 bridgehead atoms. The van der Waals surface area contributed by atoms with Crippen molar-refractivity contribution in [2.24, 2.45) is 0 Å². The van der Waals surface area contributed by atoms with Crippen LogP contribution < -0.4 is 11.0 Å². The minimum Gasteiger partial charge on any atom is -0.379 e. The summed E-state index contributed by atoms with van der Waals surface area (Å²) >= 11 is 0. The van der Waals surface area contributed by atoms with E-state index in [2.05, 4.69) is 15.2 Å². The highest BCUT2D eigenvalue weighted by Crippen LogP contribution is 2.01. The molecule has 7 nitrogen and oxygen atoms in total. The lowest BCUT2D eigenvalue weighted by molar-refractivity contribution is -0.121. The number of carbonyl (C=O) groups is 1. The summed E-state index contributed by atoms with van der Waals surface area (Å²) in [5.74, 6) is -0.00729. The van der Waals surface area contributed by atoms with Crippen molar-refractivity contribution >= 4 is 5.91 Å². The van der Waals surface area contributed by atoms with Crippen LogP contribution in [0.5, 0.6) is 0 Å². The lowest BCUT2D eigenvalue weighted by atomic mass is 10.3. The average Bonchev–Trinajstić information content (AvgIpc) is 2.76. The number of imidazole rings is 1. The van der Waals surface area contributed by atoms with E-state index in [0.29, 0.717) is 19.5 Å². The van der Waals surface area contributed by atoms with Crippen LogP contribution in [0.25, 0.3) is 0 Å². The van der Waals surface area contributed by atoms with Crippen molar-refractivity contribution in [2.75, 3.05) is 39.4 Å². The van der Waals surface area contributed by atoms with Crippen LogP contribution in [0.3, 0.4) is 0 Å². The monoisotopic (exact) mass is 310 g/mol. The van der Waals surface area contributed by atoms with Gasteiger partial charge >= 0.3 is 5.69 Å². The van der Waals surface area contributed by atoms with Crippen molar-refractivity contribution in [3.8, 4) is 0 Å². The quantitative estimate of drug-likeness (QED) is 0.696. The van der Waals surface area contributed by atoms with Crippen LogP contribution in [0.4, 0.5) is 0 Å². The molecule has 0 atom stereocenters. The van der Waals surface area contributed by atoms with E-state index in [1.165, 1.54) is 0 Å². The highest BCUT2D eigenvalue weighted by atomic mass is 16.5. The number of hydrogen-bond acceptors (Lipinski definition) is 4. The van der Waals surface area contributed by atoms with Gasteiger partial charge < -0.3 is 15.0 Å². The summed E-state index contributed by atoms with van der Waals surface area (Å²) in [5, 5.41) is 2.92. The van der Waals surface area contributed by atoms with Gasteiger partial charge in [-0.15, -0.1) is 0 Å². The number of morpholine rings is 1. The highest BCUT2D eigenvalue weighted by molar-refractivity contribution is 5.75. The fraction of sp³-hybridized carbons (Fsp3) is 0.733. The number of hydrogen-bond donors (Lipinski definition) is 2. The molecule has 0 radical (unpaired) electrons. The van der Waals surface area contributed by atoms with Crippen molar-refractivity contribution in [1.82, 2.24) is 19.8 Å². The summed E-state index contributed by atoms with van der Waals surface area (Å²) < 4.78 is 6.91. The van der Waals surface area contributed by atoms with Crippen molar-refractivity contribution in [1.29, 1.82) is 0 Å². The van der Waals surface area contributed by atoms with Gasteiger partial charge in [0.05, 0.1) is 13.2 Å². The first-order valence-corrected chi connectivity index (χ1v) is 7.90. The Morgan fingerprint density at radius 1 is 1.27 bits per heavy atom. The van der Waals surface area contributed by atoms with Crippen LogP contribution in [0.1, 0.15) is 24.2 Å². The molecule has 0 aromatic carbocycles.